The average Bonchev–Trinajstić information content (AvgIpc) is 3.26. The Balaban J connectivity index is 1.50. The van der Waals surface area contributed by atoms with Crippen molar-refractivity contribution in [2.75, 3.05) is 32.8 Å². The molecule has 4 nitrogen and oxygen atoms in total. The number of nitrogens with two attached hydrogens (primary N) is 1. The minimum absolute atomic E-state index is 0.669. The third kappa shape index (κ3) is 3.07. The number of aliphatic imine (C=N–C) groups is 1. The summed E-state index contributed by atoms with van der Waals surface area (Å²) in [6.07, 6.45) is 1.24. The molecular formula is C15H21N3O. The molecule has 1 aliphatic heterocycles. The Bertz CT molecular complexity index is 440. The first kappa shape index (κ1) is 12.5. The maximum absolute atomic E-state index is 6.03. The fraction of sp³-hybridized carbons (Fsp3) is 0.533. The van der Waals surface area contributed by atoms with Crippen LogP contribution in [0.3, 0.4) is 0 Å². The molecule has 2 aliphatic rings. The lowest BCUT2D eigenvalue weighted by atomic mass is 10.1. The molecule has 0 aromatic heterocycles. The maximum atomic E-state index is 6.03. The van der Waals surface area contributed by atoms with Gasteiger partial charge in [-0.25, -0.2) is 0 Å². The number of nitrogens with zero attached hydrogens (tertiary/aromatic N) is 2. The first-order chi connectivity index (χ1) is 9.34. The average molecular weight is 259 g/mol. The molecule has 1 aromatic carbocycles. The molecule has 0 spiro atoms. The van der Waals surface area contributed by atoms with Gasteiger partial charge in [0.05, 0.1) is 13.2 Å². The van der Waals surface area contributed by atoms with Gasteiger partial charge in [0.1, 0.15) is 0 Å². The van der Waals surface area contributed by atoms with Crippen molar-refractivity contribution in [2.45, 2.75) is 12.3 Å². The van der Waals surface area contributed by atoms with Gasteiger partial charge in [-0.3, -0.25) is 4.99 Å². The Labute approximate surface area is 114 Å². The number of morpholine rings is 1. The molecule has 2 unspecified atom stereocenters. The molecule has 2 N–H and O–H groups in total. The van der Waals surface area contributed by atoms with Crippen LogP contribution in [0.4, 0.5) is 0 Å². The summed E-state index contributed by atoms with van der Waals surface area (Å²) in [4.78, 5) is 6.66. The molecule has 102 valence electrons. The van der Waals surface area contributed by atoms with Crippen LogP contribution in [-0.2, 0) is 4.74 Å². The van der Waals surface area contributed by atoms with Gasteiger partial charge in [-0.1, -0.05) is 30.3 Å². The maximum Gasteiger partial charge on any atom is 0.191 e. The van der Waals surface area contributed by atoms with Crippen molar-refractivity contribution >= 4 is 5.96 Å². The number of rotatable bonds is 3. The van der Waals surface area contributed by atoms with Crippen molar-refractivity contribution in [3.63, 3.8) is 0 Å². The third-order valence-corrected chi connectivity index (χ3v) is 3.97. The van der Waals surface area contributed by atoms with Gasteiger partial charge >= 0.3 is 0 Å². The van der Waals surface area contributed by atoms with Crippen LogP contribution in [-0.4, -0.2) is 43.7 Å². The normalized spacial score (nSPS) is 27.4. The molecule has 0 radical (unpaired) electrons. The Morgan fingerprint density at radius 3 is 2.74 bits per heavy atom. The van der Waals surface area contributed by atoms with E-state index in [0.717, 1.165) is 32.8 Å². The first-order valence-corrected chi connectivity index (χ1v) is 7.02. The zero-order chi connectivity index (χ0) is 13.1. The number of hydrogen-bond donors (Lipinski definition) is 1. The quantitative estimate of drug-likeness (QED) is 0.660. The number of guanidine groups is 1. The summed E-state index contributed by atoms with van der Waals surface area (Å²) in [5.74, 6) is 2.03. The van der Waals surface area contributed by atoms with E-state index < -0.39 is 0 Å². The highest BCUT2D eigenvalue weighted by atomic mass is 16.5. The summed E-state index contributed by atoms with van der Waals surface area (Å²) in [5, 5.41) is 0. The van der Waals surface area contributed by atoms with Gasteiger partial charge in [-0.15, -0.1) is 0 Å². The summed E-state index contributed by atoms with van der Waals surface area (Å²) < 4.78 is 5.31. The molecular weight excluding hydrogens is 238 g/mol. The highest BCUT2D eigenvalue weighted by Gasteiger charge is 2.37. The van der Waals surface area contributed by atoms with Crippen LogP contribution in [0.15, 0.2) is 35.3 Å². The summed E-state index contributed by atoms with van der Waals surface area (Å²) in [6.45, 7) is 4.09. The number of ether oxygens (including phenoxy) is 1. The predicted molar refractivity (Wildman–Crippen MR) is 76.2 cm³/mol. The Hall–Kier alpha value is -1.55. The Morgan fingerprint density at radius 2 is 2.00 bits per heavy atom. The highest BCUT2D eigenvalue weighted by Crippen LogP contribution is 2.47. The fourth-order valence-electron chi connectivity index (χ4n) is 2.66. The molecule has 3 rings (SSSR count). The first-order valence-electron chi connectivity index (χ1n) is 7.02. The lowest BCUT2D eigenvalue weighted by Gasteiger charge is -2.27. The molecule has 1 aromatic rings. The summed E-state index contributed by atoms with van der Waals surface area (Å²) in [7, 11) is 0. The molecule has 2 fully saturated rings. The van der Waals surface area contributed by atoms with Crippen molar-refractivity contribution in [1.82, 2.24) is 4.90 Å². The molecule has 2 atom stereocenters. The molecule has 1 aliphatic carbocycles. The standard InChI is InChI=1S/C15H21N3O/c16-15(18-6-8-19-9-7-18)17-11-13-10-14(13)12-4-2-1-3-5-12/h1-5,13-14H,6-11H2,(H2,16,17). The molecule has 1 saturated heterocycles. The second kappa shape index (κ2) is 5.61. The smallest absolute Gasteiger partial charge is 0.191 e. The van der Waals surface area contributed by atoms with Gasteiger partial charge in [0.25, 0.3) is 0 Å². The lowest BCUT2D eigenvalue weighted by Crippen LogP contribution is -2.44. The molecule has 1 heterocycles. The van der Waals surface area contributed by atoms with E-state index >= 15 is 0 Å². The second-order valence-electron chi connectivity index (χ2n) is 5.31. The van der Waals surface area contributed by atoms with E-state index in [4.69, 9.17) is 10.5 Å². The number of hydrogen-bond acceptors (Lipinski definition) is 2. The van der Waals surface area contributed by atoms with Crippen LogP contribution < -0.4 is 5.73 Å². The van der Waals surface area contributed by atoms with E-state index in [-0.39, 0.29) is 0 Å². The van der Waals surface area contributed by atoms with Crippen molar-refractivity contribution < 1.29 is 4.74 Å². The Morgan fingerprint density at radius 1 is 1.26 bits per heavy atom. The number of benzene rings is 1. The van der Waals surface area contributed by atoms with E-state index in [1.807, 2.05) is 0 Å². The fourth-order valence-corrected chi connectivity index (χ4v) is 2.66. The molecule has 1 saturated carbocycles. The monoisotopic (exact) mass is 259 g/mol. The van der Waals surface area contributed by atoms with Gasteiger partial charge in [0.2, 0.25) is 0 Å². The summed E-state index contributed by atoms with van der Waals surface area (Å²) in [6, 6.07) is 10.7. The van der Waals surface area contributed by atoms with Gasteiger partial charge < -0.3 is 15.4 Å². The zero-order valence-electron chi connectivity index (χ0n) is 11.2. The van der Waals surface area contributed by atoms with Gasteiger partial charge in [0.15, 0.2) is 5.96 Å². The van der Waals surface area contributed by atoms with Crippen LogP contribution >= 0.6 is 0 Å². The van der Waals surface area contributed by atoms with Gasteiger partial charge in [-0.2, -0.15) is 0 Å². The SMILES string of the molecule is NC(=NCC1CC1c1ccccc1)N1CCOCC1. The highest BCUT2D eigenvalue weighted by molar-refractivity contribution is 5.78. The second-order valence-corrected chi connectivity index (χ2v) is 5.31. The van der Waals surface area contributed by atoms with Crippen LogP contribution in [0.5, 0.6) is 0 Å². The van der Waals surface area contributed by atoms with E-state index in [1.165, 1.54) is 12.0 Å². The largest absolute Gasteiger partial charge is 0.378 e. The van der Waals surface area contributed by atoms with Gasteiger partial charge in [-0.05, 0) is 23.8 Å². The van der Waals surface area contributed by atoms with Gasteiger partial charge in [0, 0.05) is 19.6 Å². The van der Waals surface area contributed by atoms with Crippen LogP contribution in [0.25, 0.3) is 0 Å². The summed E-state index contributed by atoms with van der Waals surface area (Å²) >= 11 is 0. The minimum atomic E-state index is 0.669. The minimum Gasteiger partial charge on any atom is -0.378 e. The summed E-state index contributed by atoms with van der Waals surface area (Å²) in [5.41, 5.74) is 7.47. The van der Waals surface area contributed by atoms with Crippen molar-refractivity contribution in [2.24, 2.45) is 16.6 Å². The predicted octanol–water partition coefficient (Wildman–Crippen LogP) is 1.44. The zero-order valence-corrected chi connectivity index (χ0v) is 11.2. The van der Waals surface area contributed by atoms with Crippen LogP contribution in [0.2, 0.25) is 0 Å². The van der Waals surface area contributed by atoms with E-state index in [9.17, 15) is 0 Å². The van der Waals surface area contributed by atoms with Crippen molar-refractivity contribution in [1.29, 1.82) is 0 Å². The van der Waals surface area contributed by atoms with E-state index in [2.05, 4.69) is 40.2 Å². The third-order valence-electron chi connectivity index (χ3n) is 3.97. The van der Waals surface area contributed by atoms with Crippen LogP contribution in [0.1, 0.15) is 17.9 Å². The van der Waals surface area contributed by atoms with E-state index in [1.54, 1.807) is 0 Å². The van der Waals surface area contributed by atoms with Crippen molar-refractivity contribution in [3.05, 3.63) is 35.9 Å². The molecule has 4 heteroatoms. The lowest BCUT2D eigenvalue weighted by molar-refractivity contribution is 0.0674. The van der Waals surface area contributed by atoms with Crippen LogP contribution in [0, 0.1) is 5.92 Å². The molecule has 19 heavy (non-hydrogen) atoms. The molecule has 0 bridgehead atoms. The van der Waals surface area contributed by atoms with E-state index in [0.29, 0.717) is 17.8 Å². The molecule has 0 amide bonds. The Kier molecular flexibility index (Phi) is 3.69. The topological polar surface area (TPSA) is 50.8 Å². The van der Waals surface area contributed by atoms with Crippen molar-refractivity contribution in [3.8, 4) is 0 Å².